The predicted octanol–water partition coefficient (Wildman–Crippen LogP) is 1.90. The van der Waals surface area contributed by atoms with Gasteiger partial charge in [-0.2, -0.15) is 0 Å². The monoisotopic (exact) mass is 356 g/mol. The van der Waals surface area contributed by atoms with Gasteiger partial charge in [0.15, 0.2) is 17.0 Å². The zero-order valence-corrected chi connectivity index (χ0v) is 15.0. The van der Waals surface area contributed by atoms with Crippen molar-refractivity contribution in [3.63, 3.8) is 0 Å². The minimum Gasteiger partial charge on any atom is -0.314 e. The molecule has 0 saturated carbocycles. The van der Waals surface area contributed by atoms with Gasteiger partial charge >= 0.3 is 5.69 Å². The van der Waals surface area contributed by atoms with Crippen LogP contribution in [-0.2, 0) is 20.6 Å². The SMILES string of the molecule is CCCn1c(=O)c2c(nc(C#Cc3cccc(Cl)c3)n2C)n(C)c1=O. The summed E-state index contributed by atoms with van der Waals surface area (Å²) in [6.45, 7) is 2.29. The van der Waals surface area contributed by atoms with Crippen molar-refractivity contribution in [2.45, 2.75) is 19.9 Å². The lowest BCUT2D eigenvalue weighted by atomic mass is 10.2. The van der Waals surface area contributed by atoms with E-state index in [2.05, 4.69) is 16.8 Å². The minimum absolute atomic E-state index is 0.334. The van der Waals surface area contributed by atoms with Crippen LogP contribution in [-0.4, -0.2) is 18.7 Å². The average Bonchev–Trinajstić information content (AvgIpc) is 2.92. The number of aromatic nitrogens is 4. The van der Waals surface area contributed by atoms with E-state index in [1.807, 2.05) is 19.1 Å². The van der Waals surface area contributed by atoms with E-state index in [0.717, 1.165) is 5.56 Å². The van der Waals surface area contributed by atoms with Crippen molar-refractivity contribution in [3.05, 3.63) is 61.5 Å². The summed E-state index contributed by atoms with van der Waals surface area (Å²) in [4.78, 5) is 29.4. The Balaban J connectivity index is 2.22. The highest BCUT2D eigenvalue weighted by Gasteiger charge is 2.17. The number of rotatable bonds is 2. The molecule has 128 valence electrons. The fourth-order valence-electron chi connectivity index (χ4n) is 2.67. The lowest BCUT2D eigenvalue weighted by Crippen LogP contribution is -2.39. The van der Waals surface area contributed by atoms with E-state index in [9.17, 15) is 9.59 Å². The van der Waals surface area contributed by atoms with Crippen molar-refractivity contribution < 1.29 is 0 Å². The molecule has 0 N–H and O–H groups in total. The molecule has 2 aromatic heterocycles. The maximum absolute atomic E-state index is 12.7. The van der Waals surface area contributed by atoms with E-state index in [0.29, 0.717) is 35.0 Å². The molecule has 7 heteroatoms. The normalized spacial score (nSPS) is 10.7. The van der Waals surface area contributed by atoms with E-state index in [1.54, 1.807) is 30.8 Å². The van der Waals surface area contributed by atoms with Gasteiger partial charge in [-0.15, -0.1) is 0 Å². The predicted molar refractivity (Wildman–Crippen MR) is 97.9 cm³/mol. The van der Waals surface area contributed by atoms with Crippen LogP contribution in [0.2, 0.25) is 5.02 Å². The van der Waals surface area contributed by atoms with Gasteiger partial charge in [-0.1, -0.05) is 30.5 Å². The molecule has 0 amide bonds. The van der Waals surface area contributed by atoms with Crippen LogP contribution in [0.4, 0.5) is 0 Å². The summed E-state index contributed by atoms with van der Waals surface area (Å²) in [5.74, 6) is 6.35. The van der Waals surface area contributed by atoms with Crippen molar-refractivity contribution in [1.82, 2.24) is 18.7 Å². The van der Waals surface area contributed by atoms with Gasteiger partial charge in [0.05, 0.1) is 0 Å². The highest BCUT2D eigenvalue weighted by Crippen LogP contribution is 2.11. The lowest BCUT2D eigenvalue weighted by Gasteiger charge is -2.06. The molecule has 6 nitrogen and oxygen atoms in total. The van der Waals surface area contributed by atoms with Crippen LogP contribution in [0.3, 0.4) is 0 Å². The molecule has 25 heavy (non-hydrogen) atoms. The highest BCUT2D eigenvalue weighted by atomic mass is 35.5. The second-order valence-corrected chi connectivity index (χ2v) is 6.16. The number of benzene rings is 1. The highest BCUT2D eigenvalue weighted by molar-refractivity contribution is 6.30. The van der Waals surface area contributed by atoms with Crippen LogP contribution in [0.5, 0.6) is 0 Å². The molecule has 0 atom stereocenters. The summed E-state index contributed by atoms with van der Waals surface area (Å²) in [6, 6.07) is 7.18. The van der Waals surface area contributed by atoms with Gasteiger partial charge in [0.1, 0.15) is 0 Å². The molecular formula is C18H17ClN4O2. The number of aryl methyl sites for hydroxylation is 2. The third-order valence-corrected chi connectivity index (χ3v) is 4.19. The molecule has 0 aliphatic rings. The van der Waals surface area contributed by atoms with Gasteiger partial charge in [0.25, 0.3) is 5.56 Å². The smallest absolute Gasteiger partial charge is 0.314 e. The summed E-state index contributed by atoms with van der Waals surface area (Å²) in [6.07, 6.45) is 0.694. The van der Waals surface area contributed by atoms with Gasteiger partial charge in [0.2, 0.25) is 0 Å². The number of hydrogen-bond donors (Lipinski definition) is 0. The Hall–Kier alpha value is -2.78. The van der Waals surface area contributed by atoms with Gasteiger partial charge in [-0.05, 0) is 30.5 Å². The molecule has 0 saturated heterocycles. The molecule has 3 rings (SSSR count). The van der Waals surface area contributed by atoms with Crippen molar-refractivity contribution in [2.75, 3.05) is 0 Å². The fraction of sp³-hybridized carbons (Fsp3) is 0.278. The third-order valence-electron chi connectivity index (χ3n) is 3.95. The van der Waals surface area contributed by atoms with Gasteiger partial charge < -0.3 is 4.57 Å². The van der Waals surface area contributed by atoms with Gasteiger partial charge in [0, 0.05) is 31.2 Å². The first-order valence-corrected chi connectivity index (χ1v) is 8.25. The average molecular weight is 357 g/mol. The van der Waals surface area contributed by atoms with Crippen LogP contribution >= 0.6 is 11.6 Å². The summed E-state index contributed by atoms with van der Waals surface area (Å²) >= 11 is 5.96. The second-order valence-electron chi connectivity index (χ2n) is 5.73. The number of imidazole rings is 1. The Morgan fingerprint density at radius 3 is 2.60 bits per heavy atom. The van der Waals surface area contributed by atoms with Crippen LogP contribution in [0.25, 0.3) is 11.2 Å². The first kappa shape index (κ1) is 17.1. The number of halogens is 1. The quantitative estimate of drug-likeness (QED) is 0.659. The molecular weight excluding hydrogens is 340 g/mol. The molecule has 0 bridgehead atoms. The molecule has 0 radical (unpaired) electrons. The molecule has 0 spiro atoms. The maximum atomic E-state index is 12.7. The van der Waals surface area contributed by atoms with Crippen LogP contribution in [0.1, 0.15) is 24.7 Å². The fourth-order valence-corrected chi connectivity index (χ4v) is 2.86. The Morgan fingerprint density at radius 1 is 1.16 bits per heavy atom. The first-order valence-electron chi connectivity index (χ1n) is 7.88. The molecule has 0 aliphatic heterocycles. The Morgan fingerprint density at radius 2 is 1.92 bits per heavy atom. The van der Waals surface area contributed by atoms with E-state index < -0.39 is 0 Å². The van der Waals surface area contributed by atoms with Crippen LogP contribution in [0.15, 0.2) is 33.9 Å². The van der Waals surface area contributed by atoms with Crippen molar-refractivity contribution in [1.29, 1.82) is 0 Å². The first-order chi connectivity index (χ1) is 11.9. The largest absolute Gasteiger partial charge is 0.332 e. The summed E-state index contributed by atoms with van der Waals surface area (Å²) < 4.78 is 4.25. The Kier molecular flexibility index (Phi) is 4.51. The maximum Gasteiger partial charge on any atom is 0.332 e. The topological polar surface area (TPSA) is 61.8 Å². The minimum atomic E-state index is -0.369. The third kappa shape index (κ3) is 2.99. The summed E-state index contributed by atoms with van der Waals surface area (Å²) in [5.41, 5.74) is 0.737. The molecule has 2 heterocycles. The van der Waals surface area contributed by atoms with Crippen molar-refractivity contribution in [2.24, 2.45) is 14.1 Å². The van der Waals surface area contributed by atoms with Crippen LogP contribution < -0.4 is 11.2 Å². The number of hydrogen-bond acceptors (Lipinski definition) is 3. The van der Waals surface area contributed by atoms with Gasteiger partial charge in [-0.25, -0.2) is 9.78 Å². The zero-order valence-electron chi connectivity index (χ0n) is 14.2. The van der Waals surface area contributed by atoms with E-state index in [4.69, 9.17) is 11.6 Å². The standard InChI is InChI=1S/C18H17ClN4O2/c1-4-10-23-17(24)15-16(22(3)18(23)25)20-14(21(15)2)9-8-12-6-5-7-13(19)11-12/h5-7,11H,4,10H2,1-3H3. The van der Waals surface area contributed by atoms with Crippen molar-refractivity contribution in [3.8, 4) is 11.8 Å². The summed E-state index contributed by atoms with van der Waals surface area (Å²) in [5, 5.41) is 0.599. The number of nitrogens with zero attached hydrogens (tertiary/aromatic N) is 4. The molecule has 0 aliphatic carbocycles. The Labute approximate surface area is 149 Å². The van der Waals surface area contributed by atoms with E-state index in [1.165, 1.54) is 9.13 Å². The summed E-state index contributed by atoms with van der Waals surface area (Å²) in [7, 11) is 3.33. The molecule has 0 unspecified atom stereocenters. The Bertz CT molecular complexity index is 1140. The van der Waals surface area contributed by atoms with Gasteiger partial charge in [-0.3, -0.25) is 13.9 Å². The molecule has 1 aromatic carbocycles. The lowest BCUT2D eigenvalue weighted by molar-refractivity contribution is 0.591. The molecule has 0 fully saturated rings. The van der Waals surface area contributed by atoms with Crippen LogP contribution in [0, 0.1) is 11.8 Å². The molecule has 3 aromatic rings. The van der Waals surface area contributed by atoms with E-state index in [-0.39, 0.29) is 11.2 Å². The van der Waals surface area contributed by atoms with Crippen molar-refractivity contribution >= 4 is 22.8 Å². The second kappa shape index (κ2) is 6.61. The number of fused-ring (bicyclic) bond motifs is 1. The zero-order chi connectivity index (χ0) is 18.1. The van der Waals surface area contributed by atoms with E-state index >= 15 is 0 Å².